The predicted molar refractivity (Wildman–Crippen MR) is 94.9 cm³/mol. The largest absolute Gasteiger partial charge is 0.243 e. The molecule has 3 heterocycles. The van der Waals surface area contributed by atoms with Gasteiger partial charge in [0.15, 0.2) is 5.65 Å². The van der Waals surface area contributed by atoms with Crippen LogP contribution in [0.1, 0.15) is 28.1 Å². The summed E-state index contributed by atoms with van der Waals surface area (Å²) in [4.78, 5) is 4.76. The number of hydrogen-bond donors (Lipinski definition) is 0. The van der Waals surface area contributed by atoms with Crippen LogP contribution in [0, 0.1) is 20.8 Å². The topological polar surface area (TPSA) is 67.6 Å². The lowest BCUT2D eigenvalue weighted by Gasteiger charge is -2.28. The molecule has 0 N–H and O–H groups in total. The van der Waals surface area contributed by atoms with Gasteiger partial charge in [0, 0.05) is 37.3 Å². The van der Waals surface area contributed by atoms with E-state index in [-0.39, 0.29) is 0 Å². The summed E-state index contributed by atoms with van der Waals surface area (Å²) >= 11 is 0. The van der Waals surface area contributed by atoms with Gasteiger partial charge in [0.25, 0.3) is 0 Å². The number of sulfonamides is 1. The molecule has 0 spiro atoms. The third-order valence-electron chi connectivity index (χ3n) is 4.85. The Morgan fingerprint density at radius 1 is 1.08 bits per heavy atom. The minimum atomic E-state index is -3.52. The molecule has 0 aliphatic carbocycles. The quantitative estimate of drug-likeness (QED) is 0.707. The smallest absolute Gasteiger partial charge is 0.237 e. The van der Waals surface area contributed by atoms with Crippen LogP contribution < -0.4 is 0 Å². The van der Waals surface area contributed by atoms with Gasteiger partial charge in [0.1, 0.15) is 0 Å². The molecule has 2 aromatic heterocycles. The second-order valence-corrected chi connectivity index (χ2v) is 8.56. The van der Waals surface area contributed by atoms with E-state index in [1.54, 1.807) is 18.3 Å². The van der Waals surface area contributed by atoms with E-state index in [1.807, 2.05) is 37.4 Å². The molecule has 7 heteroatoms. The first-order valence-corrected chi connectivity index (χ1v) is 9.71. The summed E-state index contributed by atoms with van der Waals surface area (Å²) in [5.41, 5.74) is 5.74. The fraction of sp³-hybridized carbons (Fsp3) is 0.333. The first-order chi connectivity index (χ1) is 11.9. The predicted octanol–water partition coefficient (Wildman–Crippen LogP) is 2.40. The Morgan fingerprint density at radius 3 is 2.64 bits per heavy atom. The van der Waals surface area contributed by atoms with E-state index in [0.717, 1.165) is 33.7 Å². The van der Waals surface area contributed by atoms with Crippen LogP contribution in [0.5, 0.6) is 0 Å². The van der Waals surface area contributed by atoms with Crippen LogP contribution in [-0.4, -0.2) is 33.9 Å². The molecule has 4 rings (SSSR count). The van der Waals surface area contributed by atoms with Crippen LogP contribution in [0.25, 0.3) is 5.65 Å². The summed E-state index contributed by atoms with van der Waals surface area (Å²) in [6.45, 7) is 6.61. The second-order valence-electron chi connectivity index (χ2n) is 6.62. The molecule has 0 fully saturated rings. The van der Waals surface area contributed by atoms with Crippen LogP contribution in [-0.2, 0) is 23.0 Å². The molecule has 25 heavy (non-hydrogen) atoms. The molecule has 1 aliphatic rings. The molecular weight excluding hydrogens is 336 g/mol. The van der Waals surface area contributed by atoms with Crippen LogP contribution >= 0.6 is 0 Å². The molecule has 0 saturated heterocycles. The van der Waals surface area contributed by atoms with Crippen molar-refractivity contribution in [3.05, 3.63) is 58.5 Å². The van der Waals surface area contributed by atoms with Gasteiger partial charge in [-0.1, -0.05) is 6.07 Å². The number of rotatable bonds is 2. The van der Waals surface area contributed by atoms with Crippen molar-refractivity contribution < 1.29 is 8.42 Å². The van der Waals surface area contributed by atoms with Crippen molar-refractivity contribution in [2.24, 2.45) is 0 Å². The zero-order valence-electron chi connectivity index (χ0n) is 14.5. The van der Waals surface area contributed by atoms with Gasteiger partial charge in [-0.25, -0.2) is 17.9 Å². The maximum Gasteiger partial charge on any atom is 0.243 e. The monoisotopic (exact) mass is 356 g/mol. The summed E-state index contributed by atoms with van der Waals surface area (Å²) in [5.74, 6) is 0. The average molecular weight is 356 g/mol. The number of fused-ring (bicyclic) bond motifs is 3. The first kappa shape index (κ1) is 16.2. The molecule has 130 valence electrons. The number of aryl methyl sites for hydroxylation is 3. The van der Waals surface area contributed by atoms with Crippen LogP contribution in [0.4, 0.5) is 0 Å². The van der Waals surface area contributed by atoms with E-state index in [0.29, 0.717) is 24.4 Å². The van der Waals surface area contributed by atoms with Crippen molar-refractivity contribution in [1.82, 2.24) is 18.9 Å². The maximum absolute atomic E-state index is 13.0. The van der Waals surface area contributed by atoms with Gasteiger partial charge >= 0.3 is 0 Å². The second kappa shape index (κ2) is 5.64. The van der Waals surface area contributed by atoms with Crippen LogP contribution in [0.15, 0.2) is 35.4 Å². The van der Waals surface area contributed by atoms with E-state index >= 15 is 0 Å². The molecule has 3 aromatic rings. The van der Waals surface area contributed by atoms with Crippen molar-refractivity contribution >= 4 is 15.7 Å². The summed E-state index contributed by atoms with van der Waals surface area (Å²) < 4.78 is 29.4. The maximum atomic E-state index is 13.0. The SMILES string of the molecule is Cc1cc2ncc3c(n2n1)CCN(S(=O)(=O)c1ccc(C)c(C)c1)C3. The summed E-state index contributed by atoms with van der Waals surface area (Å²) in [6.07, 6.45) is 2.40. The van der Waals surface area contributed by atoms with E-state index in [4.69, 9.17) is 0 Å². The highest BCUT2D eigenvalue weighted by atomic mass is 32.2. The highest BCUT2D eigenvalue weighted by Crippen LogP contribution is 2.26. The Labute approximate surface area is 147 Å². The highest BCUT2D eigenvalue weighted by Gasteiger charge is 2.30. The molecular formula is C18H20N4O2S. The molecule has 0 atom stereocenters. The van der Waals surface area contributed by atoms with Gasteiger partial charge in [-0.05, 0) is 44.0 Å². The van der Waals surface area contributed by atoms with Crippen molar-refractivity contribution in [3.8, 4) is 0 Å². The third kappa shape index (κ3) is 2.63. The van der Waals surface area contributed by atoms with Crippen LogP contribution in [0.2, 0.25) is 0 Å². The fourth-order valence-corrected chi connectivity index (χ4v) is 4.76. The van der Waals surface area contributed by atoms with E-state index < -0.39 is 10.0 Å². The minimum Gasteiger partial charge on any atom is -0.237 e. The number of aromatic nitrogens is 3. The molecule has 1 aromatic carbocycles. The Bertz CT molecular complexity index is 1090. The molecule has 1 aliphatic heterocycles. The first-order valence-electron chi connectivity index (χ1n) is 8.27. The van der Waals surface area contributed by atoms with Crippen LogP contribution in [0.3, 0.4) is 0 Å². The van der Waals surface area contributed by atoms with Gasteiger partial charge < -0.3 is 0 Å². The summed E-state index contributed by atoms with van der Waals surface area (Å²) in [7, 11) is -3.52. The summed E-state index contributed by atoms with van der Waals surface area (Å²) in [6, 6.07) is 7.22. The zero-order chi connectivity index (χ0) is 17.8. The van der Waals surface area contributed by atoms with Gasteiger partial charge in [-0.2, -0.15) is 9.40 Å². The van der Waals surface area contributed by atoms with E-state index in [2.05, 4.69) is 10.1 Å². The number of benzene rings is 1. The molecule has 0 saturated carbocycles. The minimum absolute atomic E-state index is 0.326. The van der Waals surface area contributed by atoms with Crippen molar-refractivity contribution in [2.75, 3.05) is 6.54 Å². The van der Waals surface area contributed by atoms with Crippen molar-refractivity contribution in [1.29, 1.82) is 0 Å². The Balaban J connectivity index is 1.72. The number of hydrogen-bond acceptors (Lipinski definition) is 4. The lowest BCUT2D eigenvalue weighted by atomic mass is 10.1. The van der Waals surface area contributed by atoms with Crippen molar-refractivity contribution in [2.45, 2.75) is 38.6 Å². The molecule has 0 bridgehead atoms. The van der Waals surface area contributed by atoms with Gasteiger partial charge in [0.05, 0.1) is 16.3 Å². The molecule has 0 radical (unpaired) electrons. The normalized spacial score (nSPS) is 15.5. The molecule has 0 unspecified atom stereocenters. The lowest BCUT2D eigenvalue weighted by molar-refractivity contribution is 0.384. The zero-order valence-corrected chi connectivity index (χ0v) is 15.3. The van der Waals surface area contributed by atoms with Gasteiger partial charge in [0.2, 0.25) is 10.0 Å². The Hall–Kier alpha value is -2.25. The Kier molecular flexibility index (Phi) is 3.66. The van der Waals surface area contributed by atoms with Crippen molar-refractivity contribution in [3.63, 3.8) is 0 Å². The summed E-state index contributed by atoms with van der Waals surface area (Å²) in [5, 5.41) is 4.48. The fourth-order valence-electron chi connectivity index (χ4n) is 3.26. The number of nitrogens with zero attached hydrogens (tertiary/aromatic N) is 4. The average Bonchev–Trinajstić information content (AvgIpc) is 2.97. The Morgan fingerprint density at radius 2 is 1.88 bits per heavy atom. The van der Waals surface area contributed by atoms with Gasteiger partial charge in [-0.3, -0.25) is 0 Å². The standard InChI is InChI=1S/C18H20N4O2S/c1-12-4-5-16(8-13(12)2)25(23,24)21-7-6-17-15(11-21)10-19-18-9-14(3)20-22(17)18/h4-5,8-10H,6-7,11H2,1-3H3. The van der Waals surface area contributed by atoms with E-state index in [9.17, 15) is 8.42 Å². The highest BCUT2D eigenvalue weighted by molar-refractivity contribution is 7.89. The van der Waals surface area contributed by atoms with E-state index in [1.165, 1.54) is 4.31 Å². The third-order valence-corrected chi connectivity index (χ3v) is 6.69. The molecule has 0 amide bonds. The lowest BCUT2D eigenvalue weighted by Crippen LogP contribution is -2.37. The van der Waals surface area contributed by atoms with Gasteiger partial charge in [-0.15, -0.1) is 0 Å². The molecule has 6 nitrogen and oxygen atoms in total.